The standard InChI is InChI=1S/C33H35ClN6O/c34-26-5-3-4-24(20-26)10-14-37-33-29-9-8-27(21-32(29)38-23-39-33)41-22-25-12-17-40(18-13-25)19-16-36-31-11-15-35-30-7-2-1-6-28(30)31/h1-9,11,15,20-21,23,25H,10,12-14,16-19,22H2,(H,35,36)(H,37,38,39). The van der Waals surface area contributed by atoms with E-state index in [-0.39, 0.29) is 0 Å². The summed E-state index contributed by atoms with van der Waals surface area (Å²) in [5, 5.41) is 9.98. The Bertz CT molecular complexity index is 1600. The Balaban J connectivity index is 0.947. The average molecular weight is 567 g/mol. The van der Waals surface area contributed by atoms with Crippen LogP contribution >= 0.6 is 11.6 Å². The van der Waals surface area contributed by atoms with Gasteiger partial charge in [0, 0.05) is 53.4 Å². The van der Waals surface area contributed by atoms with E-state index in [1.54, 1.807) is 6.33 Å². The fraction of sp³-hybridized carbons (Fsp3) is 0.303. The van der Waals surface area contributed by atoms with E-state index in [0.717, 1.165) is 97.3 Å². The number of halogens is 1. The third kappa shape index (κ3) is 7.04. The average Bonchev–Trinajstić information content (AvgIpc) is 3.01. The van der Waals surface area contributed by atoms with Crippen LogP contribution in [-0.4, -0.2) is 59.2 Å². The van der Waals surface area contributed by atoms with Crippen molar-refractivity contribution < 1.29 is 4.74 Å². The first kappa shape index (κ1) is 27.2. The number of pyridine rings is 1. The molecule has 0 radical (unpaired) electrons. The molecule has 0 unspecified atom stereocenters. The van der Waals surface area contributed by atoms with Crippen molar-refractivity contribution in [1.82, 2.24) is 19.9 Å². The zero-order chi connectivity index (χ0) is 27.9. The van der Waals surface area contributed by atoms with Gasteiger partial charge in [0.25, 0.3) is 0 Å². The van der Waals surface area contributed by atoms with E-state index in [0.29, 0.717) is 5.92 Å². The maximum Gasteiger partial charge on any atom is 0.137 e. The Labute approximate surface area is 245 Å². The van der Waals surface area contributed by atoms with Gasteiger partial charge in [0.05, 0.1) is 17.6 Å². The molecule has 2 N–H and O–H groups in total. The van der Waals surface area contributed by atoms with Crippen LogP contribution in [0.3, 0.4) is 0 Å². The summed E-state index contributed by atoms with van der Waals surface area (Å²) in [6, 6.07) is 24.4. The molecule has 3 aromatic carbocycles. The van der Waals surface area contributed by atoms with Gasteiger partial charge in [0.1, 0.15) is 17.9 Å². The number of likely N-dealkylation sites (tertiary alicyclic amines) is 1. The molecule has 210 valence electrons. The lowest BCUT2D eigenvalue weighted by Gasteiger charge is -2.32. The molecule has 2 aromatic heterocycles. The molecule has 0 spiro atoms. The number of nitrogens with one attached hydrogen (secondary N) is 2. The van der Waals surface area contributed by atoms with Crippen molar-refractivity contribution in [2.24, 2.45) is 5.92 Å². The summed E-state index contributed by atoms with van der Waals surface area (Å²) in [6.45, 7) is 5.65. The Kier molecular flexibility index (Phi) is 8.74. The van der Waals surface area contributed by atoms with Crippen LogP contribution in [0.25, 0.3) is 21.8 Å². The molecular formula is C33H35ClN6O. The van der Waals surface area contributed by atoms with E-state index in [4.69, 9.17) is 16.3 Å². The number of fused-ring (bicyclic) bond motifs is 2. The predicted octanol–water partition coefficient (Wildman–Crippen LogP) is 6.69. The second-order valence-corrected chi connectivity index (χ2v) is 11.0. The minimum absolute atomic E-state index is 0.563. The molecule has 0 amide bonds. The van der Waals surface area contributed by atoms with E-state index in [1.807, 2.05) is 48.7 Å². The number of nitrogens with zero attached hydrogens (tertiary/aromatic N) is 4. The summed E-state index contributed by atoms with van der Waals surface area (Å²) in [5.41, 5.74) is 4.26. The molecule has 3 heterocycles. The molecule has 0 saturated carbocycles. The fourth-order valence-electron chi connectivity index (χ4n) is 5.47. The van der Waals surface area contributed by atoms with Gasteiger partial charge in [-0.3, -0.25) is 4.98 Å². The van der Waals surface area contributed by atoms with Crippen LogP contribution in [-0.2, 0) is 6.42 Å². The lowest BCUT2D eigenvalue weighted by Crippen LogP contribution is -2.38. The van der Waals surface area contributed by atoms with E-state index in [2.05, 4.69) is 60.8 Å². The molecule has 6 rings (SSSR count). The molecule has 0 bridgehead atoms. The first-order valence-electron chi connectivity index (χ1n) is 14.4. The third-order valence-electron chi connectivity index (χ3n) is 7.79. The molecule has 1 aliphatic rings. The summed E-state index contributed by atoms with van der Waals surface area (Å²) < 4.78 is 6.23. The normalized spacial score (nSPS) is 14.4. The van der Waals surface area contributed by atoms with Gasteiger partial charge in [-0.15, -0.1) is 0 Å². The highest BCUT2D eigenvalue weighted by Crippen LogP contribution is 2.26. The highest BCUT2D eigenvalue weighted by Gasteiger charge is 2.19. The summed E-state index contributed by atoms with van der Waals surface area (Å²) in [5.74, 6) is 2.26. The quantitative estimate of drug-likeness (QED) is 0.184. The number of benzene rings is 3. The topological polar surface area (TPSA) is 75.2 Å². The van der Waals surface area contributed by atoms with Crippen molar-refractivity contribution in [3.05, 3.63) is 95.9 Å². The lowest BCUT2D eigenvalue weighted by atomic mass is 9.98. The first-order chi connectivity index (χ1) is 20.2. The van der Waals surface area contributed by atoms with Crippen molar-refractivity contribution in [2.75, 3.05) is 50.0 Å². The second-order valence-electron chi connectivity index (χ2n) is 10.6. The van der Waals surface area contributed by atoms with Gasteiger partial charge in [-0.25, -0.2) is 9.97 Å². The number of rotatable bonds is 11. The minimum Gasteiger partial charge on any atom is -0.493 e. The van der Waals surface area contributed by atoms with Gasteiger partial charge in [-0.1, -0.05) is 41.9 Å². The Morgan fingerprint density at radius 2 is 1.73 bits per heavy atom. The van der Waals surface area contributed by atoms with Gasteiger partial charge < -0.3 is 20.3 Å². The van der Waals surface area contributed by atoms with Gasteiger partial charge in [0.2, 0.25) is 0 Å². The van der Waals surface area contributed by atoms with Gasteiger partial charge >= 0.3 is 0 Å². The van der Waals surface area contributed by atoms with Crippen molar-refractivity contribution in [3.8, 4) is 5.75 Å². The summed E-state index contributed by atoms with van der Waals surface area (Å²) in [7, 11) is 0. The smallest absolute Gasteiger partial charge is 0.137 e. The van der Waals surface area contributed by atoms with Crippen LogP contribution in [0.15, 0.2) is 85.3 Å². The highest BCUT2D eigenvalue weighted by molar-refractivity contribution is 6.30. The van der Waals surface area contributed by atoms with Crippen LogP contribution < -0.4 is 15.4 Å². The van der Waals surface area contributed by atoms with Gasteiger partial charge in [0.15, 0.2) is 0 Å². The molecule has 1 saturated heterocycles. The highest BCUT2D eigenvalue weighted by atomic mass is 35.5. The molecule has 0 aliphatic carbocycles. The first-order valence-corrected chi connectivity index (χ1v) is 14.7. The van der Waals surface area contributed by atoms with Crippen molar-refractivity contribution in [1.29, 1.82) is 0 Å². The van der Waals surface area contributed by atoms with Crippen molar-refractivity contribution in [2.45, 2.75) is 19.3 Å². The molecule has 1 aliphatic heterocycles. The van der Waals surface area contributed by atoms with E-state index in [1.165, 1.54) is 10.9 Å². The van der Waals surface area contributed by atoms with E-state index < -0.39 is 0 Å². The Hall–Kier alpha value is -3.94. The van der Waals surface area contributed by atoms with E-state index >= 15 is 0 Å². The van der Waals surface area contributed by atoms with Crippen molar-refractivity contribution in [3.63, 3.8) is 0 Å². The number of anilines is 2. The molecule has 41 heavy (non-hydrogen) atoms. The second kappa shape index (κ2) is 13.1. The van der Waals surface area contributed by atoms with E-state index in [9.17, 15) is 0 Å². The van der Waals surface area contributed by atoms with Gasteiger partial charge in [-0.2, -0.15) is 0 Å². The zero-order valence-electron chi connectivity index (χ0n) is 23.1. The molecule has 5 aromatic rings. The van der Waals surface area contributed by atoms with Gasteiger partial charge in [-0.05, 0) is 80.2 Å². The molecule has 7 nitrogen and oxygen atoms in total. The number of piperidine rings is 1. The number of hydrogen-bond donors (Lipinski definition) is 2. The number of aromatic nitrogens is 3. The van der Waals surface area contributed by atoms with Crippen LogP contribution in [0.5, 0.6) is 5.75 Å². The Morgan fingerprint density at radius 3 is 2.63 bits per heavy atom. The predicted molar refractivity (Wildman–Crippen MR) is 168 cm³/mol. The summed E-state index contributed by atoms with van der Waals surface area (Å²) in [6.07, 6.45) is 6.64. The largest absolute Gasteiger partial charge is 0.493 e. The number of ether oxygens (including phenoxy) is 1. The lowest BCUT2D eigenvalue weighted by molar-refractivity contribution is 0.145. The van der Waals surface area contributed by atoms with Crippen LogP contribution in [0, 0.1) is 5.92 Å². The van der Waals surface area contributed by atoms with Crippen LogP contribution in [0.2, 0.25) is 5.02 Å². The summed E-state index contributed by atoms with van der Waals surface area (Å²) >= 11 is 6.11. The molecule has 0 atom stereocenters. The number of para-hydroxylation sites is 1. The Morgan fingerprint density at radius 1 is 0.829 bits per heavy atom. The molecule has 1 fully saturated rings. The SMILES string of the molecule is Clc1cccc(CCNc2ncnc3cc(OCC4CCN(CCNc5ccnc6ccccc56)CC4)ccc23)c1. The minimum atomic E-state index is 0.563. The monoisotopic (exact) mass is 566 g/mol. The third-order valence-corrected chi connectivity index (χ3v) is 8.02. The van der Waals surface area contributed by atoms with Crippen LogP contribution in [0.4, 0.5) is 11.5 Å². The molecular weight excluding hydrogens is 532 g/mol. The van der Waals surface area contributed by atoms with Crippen LogP contribution in [0.1, 0.15) is 18.4 Å². The molecule has 8 heteroatoms. The fourth-order valence-corrected chi connectivity index (χ4v) is 5.69. The summed E-state index contributed by atoms with van der Waals surface area (Å²) in [4.78, 5) is 15.9. The number of hydrogen-bond acceptors (Lipinski definition) is 7. The zero-order valence-corrected chi connectivity index (χ0v) is 23.9. The van der Waals surface area contributed by atoms with Crippen molar-refractivity contribution >= 4 is 44.9 Å². The maximum absolute atomic E-state index is 6.23. The maximum atomic E-state index is 6.23.